The minimum atomic E-state index is -0.216. The van der Waals surface area contributed by atoms with Gasteiger partial charge in [0.15, 0.2) is 0 Å². The Hall–Kier alpha value is -2.05. The van der Waals surface area contributed by atoms with Gasteiger partial charge in [0.1, 0.15) is 10.9 Å². The molecule has 1 aromatic heterocycles. The highest BCUT2D eigenvalue weighted by molar-refractivity contribution is 6.30. The molecule has 0 N–H and O–H groups in total. The van der Waals surface area contributed by atoms with Gasteiger partial charge in [0.25, 0.3) is 0 Å². The lowest BCUT2D eigenvalue weighted by Crippen LogP contribution is -2.55. The van der Waals surface area contributed by atoms with E-state index in [0.717, 1.165) is 35.7 Å². The maximum Gasteiger partial charge on any atom is 0.244 e. The van der Waals surface area contributed by atoms with Crippen LogP contribution in [-0.4, -0.2) is 46.8 Å². The van der Waals surface area contributed by atoms with E-state index in [1.54, 1.807) is 11.8 Å². The smallest absolute Gasteiger partial charge is 0.244 e. The first-order chi connectivity index (χ1) is 12.5. The maximum atomic E-state index is 12.9. The first-order valence-electron chi connectivity index (χ1n) is 8.86. The van der Waals surface area contributed by atoms with Crippen LogP contribution in [0.2, 0.25) is 5.15 Å². The number of hydrogen-bond donors (Lipinski definition) is 0. The summed E-state index contributed by atoms with van der Waals surface area (Å²) in [6, 6.07) is 7.39. The van der Waals surface area contributed by atoms with E-state index in [0.29, 0.717) is 18.2 Å². The summed E-state index contributed by atoms with van der Waals surface area (Å²) in [5.41, 5.74) is 2.92. The number of halogens is 1. The number of nitrogens with zero attached hydrogens (tertiary/aromatic N) is 4. The van der Waals surface area contributed by atoms with Crippen LogP contribution < -0.4 is 9.64 Å². The molecule has 0 spiro atoms. The predicted molar refractivity (Wildman–Crippen MR) is 103 cm³/mol. The summed E-state index contributed by atoms with van der Waals surface area (Å²) >= 11 is 6.42. The molecule has 1 atom stereocenters. The Kier molecular flexibility index (Phi) is 5.53. The molecule has 2 aromatic rings. The van der Waals surface area contributed by atoms with Gasteiger partial charge in [-0.15, -0.1) is 0 Å². The van der Waals surface area contributed by atoms with E-state index in [9.17, 15) is 4.79 Å². The molecule has 6 nitrogen and oxygen atoms in total. The molecule has 1 aliphatic rings. The third-order valence-electron chi connectivity index (χ3n) is 5.01. The van der Waals surface area contributed by atoms with Crippen LogP contribution in [0.25, 0.3) is 0 Å². The van der Waals surface area contributed by atoms with Crippen LogP contribution in [0.4, 0.5) is 5.69 Å². The molecule has 1 aromatic carbocycles. The van der Waals surface area contributed by atoms with Crippen LogP contribution in [0.5, 0.6) is 5.75 Å². The second-order valence-electron chi connectivity index (χ2n) is 6.53. The number of carbonyl (C=O) groups is 1. The van der Waals surface area contributed by atoms with Crippen LogP contribution in [0, 0.1) is 0 Å². The lowest BCUT2D eigenvalue weighted by molar-refractivity contribution is -0.125. The van der Waals surface area contributed by atoms with Crippen LogP contribution in [0.15, 0.2) is 24.3 Å². The maximum absolute atomic E-state index is 12.9. The molecule has 1 aliphatic heterocycles. The fraction of sp³-hybridized carbons (Fsp3) is 0.474. The third-order valence-corrected chi connectivity index (χ3v) is 5.49. The van der Waals surface area contributed by atoms with Crippen molar-refractivity contribution >= 4 is 23.2 Å². The number of aromatic nitrogens is 2. The molecule has 1 saturated heterocycles. The normalized spacial score (nSPS) is 18.4. The molecule has 1 fully saturated rings. The number of methoxy groups -OCH3 is 1. The highest BCUT2D eigenvalue weighted by Crippen LogP contribution is 2.27. The number of ether oxygens (including phenoxy) is 1. The highest BCUT2D eigenvalue weighted by Gasteiger charge is 2.33. The molecule has 0 bridgehead atoms. The summed E-state index contributed by atoms with van der Waals surface area (Å²) in [4.78, 5) is 16.9. The van der Waals surface area contributed by atoms with E-state index in [2.05, 4.69) is 16.9 Å². The molecule has 2 heterocycles. The van der Waals surface area contributed by atoms with Crippen molar-refractivity contribution in [3.8, 4) is 5.75 Å². The van der Waals surface area contributed by atoms with E-state index >= 15 is 0 Å². The van der Waals surface area contributed by atoms with Gasteiger partial charge in [0.2, 0.25) is 5.91 Å². The summed E-state index contributed by atoms with van der Waals surface area (Å²) in [6.45, 7) is 6.09. The highest BCUT2D eigenvalue weighted by atomic mass is 35.5. The van der Waals surface area contributed by atoms with Gasteiger partial charge < -0.3 is 9.64 Å². The monoisotopic (exact) mass is 376 g/mol. The minimum absolute atomic E-state index is 0.0967. The molecule has 3 rings (SSSR count). The number of amides is 1. The molecule has 1 amide bonds. The summed E-state index contributed by atoms with van der Waals surface area (Å²) < 4.78 is 6.90. The van der Waals surface area contributed by atoms with E-state index in [1.165, 1.54) is 0 Å². The Morgan fingerprint density at radius 1 is 1.27 bits per heavy atom. The first kappa shape index (κ1) is 18.7. The molecular formula is C19H25ClN4O2. The fourth-order valence-electron chi connectivity index (χ4n) is 3.39. The summed E-state index contributed by atoms with van der Waals surface area (Å²) in [5, 5.41) is 5.12. The molecule has 0 saturated carbocycles. The topological polar surface area (TPSA) is 50.6 Å². The van der Waals surface area contributed by atoms with Gasteiger partial charge in [0.05, 0.1) is 18.8 Å². The largest absolute Gasteiger partial charge is 0.497 e. The van der Waals surface area contributed by atoms with E-state index < -0.39 is 0 Å². The van der Waals surface area contributed by atoms with Crippen molar-refractivity contribution in [1.29, 1.82) is 0 Å². The standard InChI is InChI=1S/C19H25ClN4O2/c1-5-17-16(18(20)22(3)21-17)12-23-10-11-24(19(25)13(23)2)14-6-8-15(26-4)9-7-14/h6-9,13H,5,10-12H2,1-4H3. The molecular weight excluding hydrogens is 352 g/mol. The second kappa shape index (κ2) is 7.68. The van der Waals surface area contributed by atoms with Gasteiger partial charge in [-0.05, 0) is 37.6 Å². The Morgan fingerprint density at radius 2 is 1.96 bits per heavy atom. The van der Waals surface area contributed by atoms with Crippen molar-refractivity contribution in [2.75, 3.05) is 25.1 Å². The van der Waals surface area contributed by atoms with Crippen molar-refractivity contribution in [3.63, 3.8) is 0 Å². The number of hydrogen-bond acceptors (Lipinski definition) is 4. The SMILES string of the molecule is CCc1nn(C)c(Cl)c1CN1CCN(c2ccc(OC)cc2)C(=O)C1C. The molecule has 0 radical (unpaired) electrons. The molecule has 26 heavy (non-hydrogen) atoms. The Balaban J connectivity index is 1.75. The molecule has 7 heteroatoms. The van der Waals surface area contributed by atoms with Crippen LogP contribution in [-0.2, 0) is 24.8 Å². The Labute approximate surface area is 159 Å². The van der Waals surface area contributed by atoms with Crippen molar-refractivity contribution in [1.82, 2.24) is 14.7 Å². The van der Waals surface area contributed by atoms with Gasteiger partial charge in [-0.2, -0.15) is 5.10 Å². The van der Waals surface area contributed by atoms with Gasteiger partial charge in [-0.3, -0.25) is 14.4 Å². The van der Waals surface area contributed by atoms with Gasteiger partial charge >= 0.3 is 0 Å². The van der Waals surface area contributed by atoms with Gasteiger partial charge in [0, 0.05) is 37.9 Å². The minimum Gasteiger partial charge on any atom is -0.497 e. The van der Waals surface area contributed by atoms with Gasteiger partial charge in [-0.25, -0.2) is 0 Å². The number of rotatable bonds is 5. The zero-order valence-electron chi connectivity index (χ0n) is 15.7. The second-order valence-corrected chi connectivity index (χ2v) is 6.89. The van der Waals surface area contributed by atoms with Crippen LogP contribution in [0.3, 0.4) is 0 Å². The van der Waals surface area contributed by atoms with Crippen molar-refractivity contribution in [3.05, 3.63) is 40.7 Å². The first-order valence-corrected chi connectivity index (χ1v) is 9.23. The quantitative estimate of drug-likeness (QED) is 0.805. The zero-order chi connectivity index (χ0) is 18.8. The molecule has 1 unspecified atom stereocenters. The third kappa shape index (κ3) is 3.44. The predicted octanol–water partition coefficient (Wildman–Crippen LogP) is 2.88. The number of carbonyl (C=O) groups excluding carboxylic acids is 1. The average molecular weight is 377 g/mol. The lowest BCUT2D eigenvalue weighted by Gasteiger charge is -2.39. The summed E-state index contributed by atoms with van der Waals surface area (Å²) in [6.07, 6.45) is 0.823. The van der Waals surface area contributed by atoms with Crippen LogP contribution >= 0.6 is 11.6 Å². The van der Waals surface area contributed by atoms with Gasteiger partial charge in [-0.1, -0.05) is 18.5 Å². The van der Waals surface area contributed by atoms with Crippen molar-refractivity contribution in [2.24, 2.45) is 7.05 Å². The molecule has 0 aliphatic carbocycles. The van der Waals surface area contributed by atoms with E-state index in [4.69, 9.17) is 16.3 Å². The van der Waals surface area contributed by atoms with Crippen molar-refractivity contribution in [2.45, 2.75) is 32.9 Å². The number of aryl methyl sites for hydroxylation is 2. The summed E-state index contributed by atoms with van der Waals surface area (Å²) in [7, 11) is 3.48. The van der Waals surface area contributed by atoms with E-state index in [-0.39, 0.29) is 11.9 Å². The van der Waals surface area contributed by atoms with Crippen LogP contribution in [0.1, 0.15) is 25.1 Å². The zero-order valence-corrected chi connectivity index (χ0v) is 16.5. The average Bonchev–Trinajstić information content (AvgIpc) is 2.93. The number of piperazine rings is 1. The Bertz CT molecular complexity index is 788. The summed E-state index contributed by atoms with van der Waals surface area (Å²) in [5.74, 6) is 0.880. The van der Waals surface area contributed by atoms with Crippen molar-refractivity contribution < 1.29 is 9.53 Å². The number of benzene rings is 1. The fourth-order valence-corrected chi connectivity index (χ4v) is 3.60. The molecule has 140 valence electrons. The Morgan fingerprint density at radius 3 is 2.58 bits per heavy atom. The van der Waals surface area contributed by atoms with E-state index in [1.807, 2.05) is 43.1 Å². The lowest BCUT2D eigenvalue weighted by atomic mass is 10.1. The number of anilines is 1.